The Kier molecular flexibility index (Phi) is 13.0. The van der Waals surface area contributed by atoms with Crippen LogP contribution >= 0.6 is 11.8 Å². The molecule has 67 heavy (non-hydrogen) atoms. The number of carbonyl (C=O) groups is 4. The summed E-state index contributed by atoms with van der Waals surface area (Å²) in [5.74, 6) is -0.330. The van der Waals surface area contributed by atoms with E-state index < -0.39 is 65.2 Å². The molecule has 1 spiro atoms. The molecule has 6 aliphatic rings. The number of piperazine rings is 1. The van der Waals surface area contributed by atoms with Crippen LogP contribution < -0.4 is 33.7 Å². The van der Waals surface area contributed by atoms with Crippen molar-refractivity contribution in [3.05, 3.63) is 88.0 Å². The first kappa shape index (κ1) is 46.9. The number of benzene rings is 3. The van der Waals surface area contributed by atoms with E-state index in [1.807, 2.05) is 17.9 Å². The zero-order valence-corrected chi connectivity index (χ0v) is 39.0. The van der Waals surface area contributed by atoms with Gasteiger partial charge in [-0.1, -0.05) is 31.4 Å². The molecule has 2 N–H and O–H groups in total. The average Bonchev–Trinajstić information content (AvgIpc) is 3.80. The fourth-order valence-corrected chi connectivity index (χ4v) is 12.1. The van der Waals surface area contributed by atoms with Crippen molar-refractivity contribution in [2.45, 2.75) is 82.0 Å². The molecule has 6 aliphatic heterocycles. The monoisotopic (exact) mass is 940 g/mol. The van der Waals surface area contributed by atoms with E-state index in [0.29, 0.717) is 69.0 Å². The van der Waals surface area contributed by atoms with Crippen molar-refractivity contribution in [1.29, 1.82) is 5.26 Å². The quantitative estimate of drug-likeness (QED) is 0.0776. The maximum Gasteiger partial charge on any atom is 0.514 e. The number of carbonyl (C=O) groups excluding carboxylic acids is 4. The van der Waals surface area contributed by atoms with Gasteiger partial charge in [0.05, 0.1) is 49.7 Å². The maximum atomic E-state index is 15.1. The number of methoxy groups -OCH3 is 2. The minimum atomic E-state index is -1.58. The number of ether oxygens (including phenoxy) is 9. The number of thioether (sulfide) groups is 1. The molecule has 19 heteroatoms. The third-order valence-electron chi connectivity index (χ3n) is 13.0. The molecule has 1 amide bonds. The normalized spacial score (nSPS) is 24.7. The first-order valence-corrected chi connectivity index (χ1v) is 22.7. The molecular formula is C48H52N4O14S. The Balaban J connectivity index is 1.42. The summed E-state index contributed by atoms with van der Waals surface area (Å²) in [4.78, 5) is 59.0. The van der Waals surface area contributed by atoms with Crippen LogP contribution in [0.1, 0.15) is 75.7 Å². The van der Waals surface area contributed by atoms with Crippen molar-refractivity contribution in [2.24, 2.45) is 0 Å². The maximum absolute atomic E-state index is 15.1. The lowest BCUT2D eigenvalue weighted by atomic mass is 9.75. The van der Waals surface area contributed by atoms with Crippen molar-refractivity contribution in [3.8, 4) is 46.3 Å². The van der Waals surface area contributed by atoms with Crippen molar-refractivity contribution in [2.75, 3.05) is 53.1 Å². The molecule has 3 aromatic rings. The van der Waals surface area contributed by atoms with Crippen LogP contribution in [0.2, 0.25) is 0 Å². The van der Waals surface area contributed by atoms with Crippen LogP contribution in [-0.2, 0) is 35.8 Å². The zero-order chi connectivity index (χ0) is 48.1. The van der Waals surface area contributed by atoms with Gasteiger partial charge in [-0.05, 0) is 68.5 Å². The number of hydrogen-bond acceptors (Lipinski definition) is 18. The predicted molar refractivity (Wildman–Crippen MR) is 241 cm³/mol. The number of phenols is 1. The van der Waals surface area contributed by atoms with Crippen molar-refractivity contribution in [1.82, 2.24) is 15.1 Å². The van der Waals surface area contributed by atoms with E-state index in [2.05, 4.69) is 24.5 Å². The van der Waals surface area contributed by atoms with Crippen LogP contribution in [-0.4, -0.2) is 110 Å². The van der Waals surface area contributed by atoms with Gasteiger partial charge in [-0.2, -0.15) is 5.26 Å². The number of fused-ring (bicyclic) bond motifs is 5. The molecule has 3 aromatic carbocycles. The third-order valence-corrected chi connectivity index (χ3v) is 14.5. The third kappa shape index (κ3) is 7.70. The molecule has 18 nitrogen and oxygen atoms in total. The summed E-state index contributed by atoms with van der Waals surface area (Å²) in [6.07, 6.45) is 1.50. The molecule has 0 aliphatic carbocycles. The van der Waals surface area contributed by atoms with Crippen LogP contribution in [0, 0.1) is 32.1 Å². The standard InChI is InChI=1S/C48H52N4O14S/c1-10-14-60-46(56)51-26(6)30(19-49)52-31-20-62-45(55)48(29-18-32(58-8)33(17-28(29)12-13-50-48)66-47(57)61-15-11-2)21-67-44(38(52)37(51)34-23(3)16-24(4)40(59-9)39(34)54)36-35(31)43-42(63-22-64-43)25(5)41(36)65-27(7)53/h10-11,16-18,26,30-31,37-38,44,50,54H,1-2,12-15,20-22H2,3-9H3/t26-,30-,31-,37+,38?,44+,48+/m0/s1. The van der Waals surface area contributed by atoms with Crippen LogP contribution in [0.25, 0.3) is 0 Å². The van der Waals surface area contributed by atoms with Gasteiger partial charge in [0, 0.05) is 41.5 Å². The van der Waals surface area contributed by atoms with Crippen molar-refractivity contribution in [3.63, 3.8) is 0 Å². The van der Waals surface area contributed by atoms with E-state index in [0.717, 1.165) is 0 Å². The second-order valence-electron chi connectivity index (χ2n) is 16.8. The lowest BCUT2D eigenvalue weighted by Gasteiger charge is -2.60. The van der Waals surface area contributed by atoms with E-state index >= 15 is 4.79 Å². The molecule has 2 fully saturated rings. The Morgan fingerprint density at radius 1 is 0.970 bits per heavy atom. The van der Waals surface area contributed by atoms with Crippen molar-refractivity contribution >= 4 is 35.9 Å². The largest absolute Gasteiger partial charge is 0.514 e. The van der Waals surface area contributed by atoms with E-state index in [-0.39, 0.29) is 61.1 Å². The van der Waals surface area contributed by atoms with Gasteiger partial charge in [-0.3, -0.25) is 19.9 Å². The van der Waals surface area contributed by atoms with Crippen LogP contribution in [0.5, 0.6) is 40.2 Å². The summed E-state index contributed by atoms with van der Waals surface area (Å²) in [7, 11) is 2.84. The van der Waals surface area contributed by atoms with Gasteiger partial charge in [0.2, 0.25) is 6.79 Å². The fraction of sp³-hybridized carbons (Fsp3) is 0.438. The highest BCUT2D eigenvalue weighted by molar-refractivity contribution is 7.99. The molecule has 1 unspecified atom stereocenters. The Morgan fingerprint density at radius 2 is 1.70 bits per heavy atom. The second kappa shape index (κ2) is 18.6. The summed E-state index contributed by atoms with van der Waals surface area (Å²) in [5.41, 5.74) is 2.57. The molecular weight excluding hydrogens is 889 g/mol. The SMILES string of the molecule is C=CCOC(=O)Oc1cc2c(cc1OC)[C@@]1(CS[C@@H]3c4c(OC(C)=O)c(C)c5c(c4[C@H](COC1=O)N1C3[C@@H](c3c(C)cc(C)c(OC)c3O)N(C(=O)OCC=C)[C@@H](C)[C@@H]1C#N)OCO5)NCC2. The van der Waals surface area contributed by atoms with Gasteiger partial charge in [0.1, 0.15) is 31.6 Å². The number of nitrogens with one attached hydrogen (secondary N) is 1. The van der Waals surface area contributed by atoms with Gasteiger partial charge in [0.15, 0.2) is 40.0 Å². The predicted octanol–water partition coefficient (Wildman–Crippen LogP) is 6.45. The van der Waals surface area contributed by atoms with Gasteiger partial charge in [0.25, 0.3) is 0 Å². The van der Waals surface area contributed by atoms with Gasteiger partial charge in [-0.25, -0.2) is 14.4 Å². The smallest absolute Gasteiger partial charge is 0.504 e. The summed E-state index contributed by atoms with van der Waals surface area (Å²) in [6, 6.07) is 2.50. The number of rotatable bonds is 9. The summed E-state index contributed by atoms with van der Waals surface area (Å²) in [5, 5.41) is 26.2. The first-order valence-electron chi connectivity index (χ1n) is 21.6. The van der Waals surface area contributed by atoms with Gasteiger partial charge < -0.3 is 47.7 Å². The fourth-order valence-electron chi connectivity index (χ4n) is 10.4. The molecule has 9 rings (SSSR count). The zero-order valence-electron chi connectivity index (χ0n) is 38.2. The lowest BCUT2D eigenvalue weighted by molar-refractivity contribution is -0.156. The van der Waals surface area contributed by atoms with Crippen LogP contribution in [0.15, 0.2) is 43.5 Å². The molecule has 7 atom stereocenters. The topological polar surface area (TPSA) is 214 Å². The number of nitrogens with zero attached hydrogens (tertiary/aromatic N) is 3. The summed E-state index contributed by atoms with van der Waals surface area (Å²) in [6.45, 7) is 15.2. The molecule has 6 heterocycles. The Hall–Kier alpha value is -6.62. The molecule has 0 saturated carbocycles. The van der Waals surface area contributed by atoms with Gasteiger partial charge >= 0.3 is 24.2 Å². The minimum absolute atomic E-state index is 0.0573. The number of aromatic hydroxyl groups is 1. The Labute approximate surface area is 391 Å². The highest BCUT2D eigenvalue weighted by Crippen LogP contribution is 2.64. The first-order chi connectivity index (χ1) is 32.2. The molecule has 0 aromatic heterocycles. The number of esters is 2. The number of nitriles is 1. The van der Waals surface area contributed by atoms with E-state index in [4.69, 9.17) is 42.6 Å². The van der Waals surface area contributed by atoms with E-state index in [1.54, 1.807) is 32.9 Å². The molecule has 2 bridgehead atoms. The van der Waals surface area contributed by atoms with E-state index in [9.17, 15) is 24.8 Å². The lowest BCUT2D eigenvalue weighted by Crippen LogP contribution is -2.69. The molecule has 2 saturated heterocycles. The number of phenolic OH excluding ortho intramolecular Hbond substituents is 1. The average molecular weight is 941 g/mol. The van der Waals surface area contributed by atoms with Crippen molar-refractivity contribution < 1.29 is 66.9 Å². The molecule has 354 valence electrons. The Morgan fingerprint density at radius 3 is 2.39 bits per heavy atom. The van der Waals surface area contributed by atoms with E-state index in [1.165, 1.54) is 50.0 Å². The number of hydrogen-bond donors (Lipinski definition) is 2. The van der Waals surface area contributed by atoms with Crippen LogP contribution in [0.3, 0.4) is 0 Å². The second-order valence-corrected chi connectivity index (χ2v) is 17.9. The number of amides is 1. The minimum Gasteiger partial charge on any atom is -0.504 e. The highest BCUT2D eigenvalue weighted by atomic mass is 32.2. The van der Waals surface area contributed by atoms with Gasteiger partial charge in [-0.15, -0.1) is 11.8 Å². The summed E-state index contributed by atoms with van der Waals surface area (Å²) < 4.78 is 52.9. The summed E-state index contributed by atoms with van der Waals surface area (Å²) >= 11 is 1.29. The highest BCUT2D eigenvalue weighted by Gasteiger charge is 2.61. The number of aryl methyl sites for hydroxylation is 2. The Bertz CT molecular complexity index is 2610. The van der Waals surface area contributed by atoms with Crippen LogP contribution in [0.4, 0.5) is 9.59 Å². The molecule has 0 radical (unpaired) electrons.